The minimum absolute atomic E-state index is 0.243. The lowest BCUT2D eigenvalue weighted by Gasteiger charge is -2.28. The predicted molar refractivity (Wildman–Crippen MR) is 92.9 cm³/mol. The van der Waals surface area contributed by atoms with E-state index in [1.54, 1.807) is 0 Å². The summed E-state index contributed by atoms with van der Waals surface area (Å²) in [4.78, 5) is 2.35. The first-order chi connectivity index (χ1) is 10.1. The lowest BCUT2D eigenvalue weighted by atomic mass is 9.99. The van der Waals surface area contributed by atoms with Crippen molar-refractivity contribution in [3.63, 3.8) is 0 Å². The van der Waals surface area contributed by atoms with E-state index in [4.69, 9.17) is 10.5 Å². The van der Waals surface area contributed by atoms with Gasteiger partial charge in [0.05, 0.1) is 0 Å². The van der Waals surface area contributed by atoms with Crippen molar-refractivity contribution in [3.05, 3.63) is 28.2 Å². The van der Waals surface area contributed by atoms with Crippen molar-refractivity contribution in [3.8, 4) is 0 Å². The summed E-state index contributed by atoms with van der Waals surface area (Å²) in [5, 5.41) is 0. The van der Waals surface area contributed by atoms with Crippen molar-refractivity contribution in [1.29, 1.82) is 0 Å². The Hall–Kier alpha value is -0.580. The lowest BCUT2D eigenvalue weighted by Crippen LogP contribution is -2.29. The molecule has 2 N–H and O–H groups in total. The molecule has 1 saturated heterocycles. The molecule has 0 aromatic heterocycles. The molecule has 1 aromatic rings. The van der Waals surface area contributed by atoms with Crippen LogP contribution in [0.15, 0.2) is 22.7 Å². The maximum absolute atomic E-state index is 6.05. The van der Waals surface area contributed by atoms with Crippen LogP contribution in [0.1, 0.15) is 31.7 Å². The van der Waals surface area contributed by atoms with Crippen molar-refractivity contribution in [2.45, 2.75) is 38.6 Å². The van der Waals surface area contributed by atoms with Gasteiger partial charge in [0.1, 0.15) is 0 Å². The van der Waals surface area contributed by atoms with Gasteiger partial charge in [-0.1, -0.05) is 28.9 Å². The largest absolute Gasteiger partial charge is 0.381 e. The number of halogens is 1. The maximum Gasteiger partial charge on any atom is 0.0469 e. The zero-order chi connectivity index (χ0) is 15.2. The van der Waals surface area contributed by atoms with E-state index < -0.39 is 0 Å². The Morgan fingerprint density at radius 3 is 2.71 bits per heavy atom. The van der Waals surface area contributed by atoms with Crippen LogP contribution in [0.5, 0.6) is 0 Å². The average molecular weight is 355 g/mol. The summed E-state index contributed by atoms with van der Waals surface area (Å²) in [7, 11) is 2.18. The van der Waals surface area contributed by atoms with E-state index in [1.807, 2.05) is 0 Å². The number of anilines is 1. The highest BCUT2D eigenvalue weighted by atomic mass is 79.9. The van der Waals surface area contributed by atoms with E-state index in [0.717, 1.165) is 38.5 Å². The van der Waals surface area contributed by atoms with Crippen LogP contribution >= 0.6 is 15.9 Å². The van der Waals surface area contributed by atoms with E-state index in [2.05, 4.69) is 53.0 Å². The van der Waals surface area contributed by atoms with Gasteiger partial charge < -0.3 is 15.4 Å². The fourth-order valence-electron chi connectivity index (χ4n) is 2.79. The van der Waals surface area contributed by atoms with Gasteiger partial charge in [0.25, 0.3) is 0 Å². The van der Waals surface area contributed by atoms with Crippen molar-refractivity contribution < 1.29 is 4.74 Å². The zero-order valence-electron chi connectivity index (χ0n) is 13.1. The van der Waals surface area contributed by atoms with E-state index >= 15 is 0 Å². The minimum atomic E-state index is 0.243. The Labute approximate surface area is 137 Å². The molecule has 0 amide bonds. The summed E-state index contributed by atoms with van der Waals surface area (Å²) in [5.41, 5.74) is 8.62. The quantitative estimate of drug-likeness (QED) is 0.848. The molecule has 0 bridgehead atoms. The summed E-state index contributed by atoms with van der Waals surface area (Å²) in [5.74, 6) is 0.746. The van der Waals surface area contributed by atoms with E-state index in [0.29, 0.717) is 0 Å². The van der Waals surface area contributed by atoms with Gasteiger partial charge in [0.2, 0.25) is 0 Å². The van der Waals surface area contributed by atoms with E-state index in [-0.39, 0.29) is 6.04 Å². The summed E-state index contributed by atoms with van der Waals surface area (Å²) in [6.07, 6.45) is 4.29. The third-order valence-corrected chi connectivity index (χ3v) is 5.10. The lowest BCUT2D eigenvalue weighted by molar-refractivity contribution is 0.0685. The van der Waals surface area contributed by atoms with Crippen molar-refractivity contribution in [2.24, 2.45) is 11.7 Å². The fraction of sp³-hybridized carbons (Fsp3) is 0.647. The summed E-state index contributed by atoms with van der Waals surface area (Å²) >= 11 is 3.70. The van der Waals surface area contributed by atoms with Gasteiger partial charge in [-0.3, -0.25) is 0 Å². The zero-order valence-corrected chi connectivity index (χ0v) is 14.7. The number of nitrogens with two attached hydrogens (primary N) is 1. The van der Waals surface area contributed by atoms with Crippen LogP contribution in [0.3, 0.4) is 0 Å². The molecule has 0 saturated carbocycles. The molecule has 1 fully saturated rings. The number of hydrogen-bond acceptors (Lipinski definition) is 3. The molecule has 0 spiro atoms. The number of rotatable bonds is 6. The minimum Gasteiger partial charge on any atom is -0.381 e. The van der Waals surface area contributed by atoms with Crippen molar-refractivity contribution in [1.82, 2.24) is 0 Å². The molecule has 4 heteroatoms. The number of nitrogens with zero attached hydrogens (tertiary/aromatic N) is 1. The highest BCUT2D eigenvalue weighted by Gasteiger charge is 2.16. The molecule has 21 heavy (non-hydrogen) atoms. The molecule has 1 aliphatic heterocycles. The Kier molecular flexibility index (Phi) is 6.52. The Bertz CT molecular complexity index is 446. The molecular weight excluding hydrogens is 328 g/mol. The smallest absolute Gasteiger partial charge is 0.0469 e. The molecule has 2 rings (SSSR count). The summed E-state index contributed by atoms with van der Waals surface area (Å²) in [6.45, 7) is 5.06. The Morgan fingerprint density at radius 1 is 1.38 bits per heavy atom. The standard InChI is InChI=1S/C17H27BrN2O/c1-3-15(19)10-14-4-5-16(11-17(14)18)20(2)12-13-6-8-21-9-7-13/h4-5,11,13,15H,3,6-10,12,19H2,1-2H3. The van der Waals surface area contributed by atoms with Crippen molar-refractivity contribution in [2.75, 3.05) is 31.7 Å². The van der Waals surface area contributed by atoms with Gasteiger partial charge in [0.15, 0.2) is 0 Å². The van der Waals surface area contributed by atoms with Crippen LogP contribution in [0.25, 0.3) is 0 Å². The molecule has 1 aromatic carbocycles. The third kappa shape index (κ3) is 4.97. The molecule has 1 atom stereocenters. The third-order valence-electron chi connectivity index (χ3n) is 4.36. The average Bonchev–Trinajstić information content (AvgIpc) is 2.50. The maximum atomic E-state index is 6.05. The van der Waals surface area contributed by atoms with Crippen LogP contribution in [-0.4, -0.2) is 32.8 Å². The van der Waals surface area contributed by atoms with E-state index in [1.165, 1.54) is 28.6 Å². The van der Waals surface area contributed by atoms with Gasteiger partial charge in [-0.05, 0) is 49.3 Å². The molecule has 3 nitrogen and oxygen atoms in total. The first-order valence-electron chi connectivity index (χ1n) is 7.93. The van der Waals surface area contributed by atoms with Crippen LogP contribution in [0.4, 0.5) is 5.69 Å². The van der Waals surface area contributed by atoms with Crippen LogP contribution in [0.2, 0.25) is 0 Å². The highest BCUT2D eigenvalue weighted by Crippen LogP contribution is 2.26. The molecule has 1 heterocycles. The van der Waals surface area contributed by atoms with Crippen LogP contribution in [-0.2, 0) is 11.2 Å². The molecule has 1 unspecified atom stereocenters. The van der Waals surface area contributed by atoms with Crippen LogP contribution in [0, 0.1) is 5.92 Å². The fourth-order valence-corrected chi connectivity index (χ4v) is 3.32. The number of benzene rings is 1. The summed E-state index contributed by atoms with van der Waals surface area (Å²) in [6, 6.07) is 6.88. The monoisotopic (exact) mass is 354 g/mol. The van der Waals surface area contributed by atoms with Gasteiger partial charge in [-0.2, -0.15) is 0 Å². The normalized spacial score (nSPS) is 17.7. The first kappa shape index (κ1) is 16.8. The molecule has 1 aliphatic rings. The number of hydrogen-bond donors (Lipinski definition) is 1. The second kappa shape index (κ2) is 8.16. The molecule has 0 aliphatic carbocycles. The first-order valence-corrected chi connectivity index (χ1v) is 8.72. The van der Waals surface area contributed by atoms with Gasteiger partial charge >= 0.3 is 0 Å². The van der Waals surface area contributed by atoms with E-state index in [9.17, 15) is 0 Å². The second-order valence-corrected chi connectivity index (χ2v) is 6.94. The molecular formula is C17H27BrN2O. The van der Waals surface area contributed by atoms with Gasteiger partial charge in [-0.15, -0.1) is 0 Å². The van der Waals surface area contributed by atoms with Gasteiger partial charge in [-0.25, -0.2) is 0 Å². The van der Waals surface area contributed by atoms with Crippen LogP contribution < -0.4 is 10.6 Å². The predicted octanol–water partition coefficient (Wildman–Crippen LogP) is 3.59. The second-order valence-electron chi connectivity index (χ2n) is 6.08. The van der Waals surface area contributed by atoms with Crippen molar-refractivity contribution >= 4 is 21.6 Å². The summed E-state index contributed by atoms with van der Waals surface area (Å²) < 4.78 is 6.60. The number of ether oxygens (including phenoxy) is 1. The Morgan fingerprint density at radius 2 is 2.10 bits per heavy atom. The SMILES string of the molecule is CCC(N)Cc1ccc(N(C)CC2CCOCC2)cc1Br. The molecule has 118 valence electrons. The Balaban J connectivity index is 1.97. The highest BCUT2D eigenvalue weighted by molar-refractivity contribution is 9.10. The van der Waals surface area contributed by atoms with Gasteiger partial charge in [0, 0.05) is 43.0 Å². The molecule has 0 radical (unpaired) electrons. The topological polar surface area (TPSA) is 38.5 Å².